The van der Waals surface area contributed by atoms with Crippen molar-refractivity contribution in [2.24, 2.45) is 0 Å². The van der Waals surface area contributed by atoms with Crippen molar-refractivity contribution in [2.45, 2.75) is 0 Å². The van der Waals surface area contributed by atoms with Gasteiger partial charge in [-0.1, -0.05) is 18.2 Å². The fourth-order valence-electron chi connectivity index (χ4n) is 1.84. The van der Waals surface area contributed by atoms with E-state index >= 15 is 0 Å². The number of benzene rings is 1. The molecule has 1 saturated heterocycles. The van der Waals surface area contributed by atoms with Gasteiger partial charge < -0.3 is 34.8 Å². The van der Waals surface area contributed by atoms with Crippen LogP contribution in [0.3, 0.4) is 0 Å². The minimum atomic E-state index is 0. The van der Waals surface area contributed by atoms with Gasteiger partial charge in [-0.05, 0) is 0 Å². The van der Waals surface area contributed by atoms with Crippen LogP contribution < -0.4 is 51.4 Å². The van der Waals surface area contributed by atoms with E-state index in [2.05, 4.69) is 5.92 Å². The van der Waals surface area contributed by atoms with Gasteiger partial charge in [0.25, 0.3) is 0 Å². The maximum Gasteiger partial charge on any atom is 1.00 e. The van der Waals surface area contributed by atoms with Gasteiger partial charge in [0.05, 0.1) is 79.3 Å². The van der Waals surface area contributed by atoms with Crippen LogP contribution in [0.2, 0.25) is 0 Å². The normalized spacial score (nSPS) is 18.3. The molecule has 0 N–H and O–H groups in total. The zero-order chi connectivity index (χ0) is 18.5. The molecule has 0 radical (unpaired) electrons. The minimum absolute atomic E-state index is 0. The second kappa shape index (κ2) is 22.5. The van der Waals surface area contributed by atoms with Gasteiger partial charge in [0.1, 0.15) is 0 Å². The fourth-order valence-corrected chi connectivity index (χ4v) is 1.84. The smallest absolute Gasteiger partial charge is 0.377 e. The van der Waals surface area contributed by atoms with Crippen LogP contribution in [-0.2, 0) is 28.4 Å². The monoisotopic (exact) mass is 404 g/mol. The van der Waals surface area contributed by atoms with Gasteiger partial charge >= 0.3 is 51.4 Å². The molecular weight excluding hydrogens is 375 g/mol. The molecule has 7 heteroatoms. The van der Waals surface area contributed by atoms with E-state index in [9.17, 15) is 0 Å². The molecule has 1 aromatic carbocycles. The summed E-state index contributed by atoms with van der Waals surface area (Å²) in [6, 6.07) is 9.37. The number of hydrogen-bond acceptors (Lipinski definition) is 6. The van der Waals surface area contributed by atoms with E-state index in [1.807, 2.05) is 30.3 Å². The maximum absolute atomic E-state index is 6.69. The van der Waals surface area contributed by atoms with E-state index in [0.717, 1.165) is 5.56 Å². The molecule has 2 rings (SSSR count). The van der Waals surface area contributed by atoms with Crippen molar-refractivity contribution >= 4 is 0 Å². The average Bonchev–Trinajstić information content (AvgIpc) is 2.69. The van der Waals surface area contributed by atoms with Crippen molar-refractivity contribution in [3.8, 4) is 5.92 Å². The Kier molecular flexibility index (Phi) is 22.6. The van der Waals surface area contributed by atoms with Crippen LogP contribution in [0.1, 0.15) is 5.56 Å². The van der Waals surface area contributed by atoms with E-state index in [1.165, 1.54) is 0 Å². The van der Waals surface area contributed by atoms with E-state index < -0.39 is 0 Å². The summed E-state index contributed by atoms with van der Waals surface area (Å²) in [6.07, 6.45) is 6.69. The fraction of sp³-hybridized carbons (Fsp3) is 0.600. The summed E-state index contributed by atoms with van der Waals surface area (Å²) in [4.78, 5) is 0. The van der Waals surface area contributed by atoms with Gasteiger partial charge in [-0.15, -0.1) is 17.7 Å². The summed E-state index contributed by atoms with van der Waals surface area (Å²) >= 11 is 0. The Bertz CT molecular complexity index is 376. The van der Waals surface area contributed by atoms with E-state index in [0.29, 0.717) is 79.3 Å². The molecule has 0 aromatic heterocycles. The Hall–Kier alpha value is 0.176. The summed E-state index contributed by atoms with van der Waals surface area (Å²) in [5.74, 6) is 2.28. The summed E-state index contributed by atoms with van der Waals surface area (Å²) in [7, 11) is 0. The van der Waals surface area contributed by atoms with Crippen molar-refractivity contribution in [2.75, 3.05) is 79.3 Å². The van der Waals surface area contributed by atoms with Gasteiger partial charge in [0, 0.05) is 0 Å². The first-order valence-corrected chi connectivity index (χ1v) is 8.87. The van der Waals surface area contributed by atoms with E-state index in [1.54, 1.807) is 0 Å². The van der Waals surface area contributed by atoms with E-state index in [-0.39, 0.29) is 51.4 Å². The molecule has 1 heterocycles. The second-order valence-corrected chi connectivity index (χ2v) is 5.17. The van der Waals surface area contributed by atoms with Crippen LogP contribution in [0.5, 0.6) is 0 Å². The maximum atomic E-state index is 6.69. The first-order chi connectivity index (χ1) is 12.9. The summed E-state index contributed by atoms with van der Waals surface area (Å²) in [6.45, 7) is 7.04. The number of ether oxygens (including phenoxy) is 6. The largest absolute Gasteiger partial charge is 1.00 e. The molecule has 1 aromatic rings. The van der Waals surface area contributed by atoms with Crippen molar-refractivity contribution in [3.05, 3.63) is 42.3 Å². The molecule has 0 amide bonds. The molecule has 1 aliphatic heterocycles. The molecule has 0 aliphatic carbocycles. The van der Waals surface area contributed by atoms with Gasteiger partial charge in [-0.25, -0.2) is 0 Å². The quantitative estimate of drug-likeness (QED) is 0.305. The molecule has 6 nitrogen and oxygen atoms in total. The zero-order valence-corrected chi connectivity index (χ0v) is 19.4. The summed E-state index contributed by atoms with van der Waals surface area (Å²) in [5, 5.41) is 0. The van der Waals surface area contributed by atoms with Gasteiger partial charge in [-0.2, -0.15) is 0 Å². The Morgan fingerprint density at radius 2 is 0.778 bits per heavy atom. The summed E-state index contributed by atoms with van der Waals surface area (Å²) in [5.41, 5.74) is 0.826. The van der Waals surface area contributed by atoms with Crippen LogP contribution in [0.15, 0.2) is 30.3 Å². The predicted molar refractivity (Wildman–Crippen MR) is 97.6 cm³/mol. The summed E-state index contributed by atoms with van der Waals surface area (Å²) < 4.78 is 32.0. The third-order valence-electron chi connectivity index (χ3n) is 3.15. The average molecular weight is 405 g/mol. The Morgan fingerprint density at radius 3 is 0.963 bits per heavy atom. The van der Waals surface area contributed by atoms with Crippen molar-refractivity contribution in [1.82, 2.24) is 0 Å². The Morgan fingerprint density at radius 1 is 0.519 bits per heavy atom. The Labute approximate surface area is 205 Å². The molecule has 146 valence electrons. The van der Waals surface area contributed by atoms with Crippen LogP contribution >= 0.6 is 0 Å². The predicted octanol–water partition coefficient (Wildman–Crippen LogP) is -1.27. The minimum Gasteiger partial charge on any atom is -0.377 e. The second-order valence-electron chi connectivity index (χ2n) is 5.17. The zero-order valence-electron chi connectivity index (χ0n) is 16.3. The molecule has 0 spiro atoms. The molecule has 1 aliphatic rings. The molecule has 1 fully saturated rings. The topological polar surface area (TPSA) is 55.4 Å². The SMILES string of the molecule is C1COCCOCCOCCOCCOCCO1.[C-]#Cc1ccccc1.[K+]. The molecule has 0 atom stereocenters. The van der Waals surface area contributed by atoms with Gasteiger partial charge in [0.2, 0.25) is 0 Å². The standard InChI is InChI=1S/C12H24O6.C8H5.K/c1-2-14-5-6-16-9-10-18-12-11-17-8-7-15-4-3-13-1;1-2-8-6-4-3-5-7-8;/h1-12H2;3-7H;/q;-1;+1. The van der Waals surface area contributed by atoms with Gasteiger partial charge in [0.15, 0.2) is 0 Å². The van der Waals surface area contributed by atoms with E-state index in [4.69, 9.17) is 34.8 Å². The first kappa shape index (κ1) is 27.2. The van der Waals surface area contributed by atoms with Crippen LogP contribution in [0.4, 0.5) is 0 Å². The number of rotatable bonds is 0. The molecule has 0 unspecified atom stereocenters. The van der Waals surface area contributed by atoms with Crippen molar-refractivity contribution in [1.29, 1.82) is 0 Å². The third-order valence-corrected chi connectivity index (χ3v) is 3.15. The Balaban J connectivity index is 0.000000629. The molecule has 0 bridgehead atoms. The van der Waals surface area contributed by atoms with Crippen LogP contribution in [0, 0.1) is 12.3 Å². The van der Waals surface area contributed by atoms with Crippen LogP contribution in [-0.4, -0.2) is 79.3 Å². The van der Waals surface area contributed by atoms with Crippen LogP contribution in [0.25, 0.3) is 0 Å². The first-order valence-electron chi connectivity index (χ1n) is 8.87. The molecule has 0 saturated carbocycles. The van der Waals surface area contributed by atoms with Crippen molar-refractivity contribution < 1.29 is 79.8 Å². The number of hydrogen-bond donors (Lipinski definition) is 0. The third kappa shape index (κ3) is 19.3. The molecule has 27 heavy (non-hydrogen) atoms. The van der Waals surface area contributed by atoms with Crippen molar-refractivity contribution in [3.63, 3.8) is 0 Å². The molecular formula is C20H29KO6. The van der Waals surface area contributed by atoms with Gasteiger partial charge in [-0.3, -0.25) is 5.92 Å².